The summed E-state index contributed by atoms with van der Waals surface area (Å²) in [6.07, 6.45) is 0. The fraction of sp³-hybridized carbons (Fsp3) is 0.0714. The van der Waals surface area contributed by atoms with Crippen LogP contribution in [0.2, 0.25) is 0 Å². The van der Waals surface area contributed by atoms with Crippen molar-refractivity contribution < 1.29 is 18.3 Å². The van der Waals surface area contributed by atoms with Crippen molar-refractivity contribution in [3.63, 3.8) is 0 Å². The molecule has 6 nitrogen and oxygen atoms in total. The molecule has 0 heterocycles. The zero-order chi connectivity index (χ0) is 15.6. The van der Waals surface area contributed by atoms with Gasteiger partial charge in [-0.1, -0.05) is 12.1 Å². The Labute approximate surface area is 122 Å². The van der Waals surface area contributed by atoms with Crippen molar-refractivity contribution in [1.82, 2.24) is 0 Å². The smallest absolute Gasteiger partial charge is 0.337 e. The predicted molar refractivity (Wildman–Crippen MR) is 79.8 cm³/mol. The van der Waals surface area contributed by atoms with Gasteiger partial charge in [0.2, 0.25) is 0 Å². The summed E-state index contributed by atoms with van der Waals surface area (Å²) < 4.78 is 26.8. The summed E-state index contributed by atoms with van der Waals surface area (Å²) >= 11 is 0. The zero-order valence-corrected chi connectivity index (χ0v) is 12.0. The molecule has 4 N–H and O–H groups in total. The average molecular weight is 306 g/mol. The summed E-state index contributed by atoms with van der Waals surface area (Å²) in [6, 6.07) is 10.3. The second-order valence-corrected chi connectivity index (χ2v) is 6.21. The third kappa shape index (κ3) is 3.32. The second kappa shape index (κ2) is 5.45. The molecule has 0 bridgehead atoms. The Bertz CT molecular complexity index is 800. The highest BCUT2D eigenvalue weighted by Gasteiger charge is 2.18. The molecule has 2 aromatic carbocycles. The molecule has 0 atom stereocenters. The van der Waals surface area contributed by atoms with E-state index in [1.54, 1.807) is 19.1 Å². The third-order valence-electron chi connectivity index (χ3n) is 2.82. The summed E-state index contributed by atoms with van der Waals surface area (Å²) in [5.74, 6) is -1.26. The highest BCUT2D eigenvalue weighted by molar-refractivity contribution is 7.92. The Balaban J connectivity index is 2.44. The number of hydrogen-bond acceptors (Lipinski definition) is 4. The number of hydrogen-bond donors (Lipinski definition) is 3. The molecular weight excluding hydrogens is 292 g/mol. The first kappa shape index (κ1) is 14.9. The van der Waals surface area contributed by atoms with Crippen LogP contribution in [0.5, 0.6) is 0 Å². The largest absolute Gasteiger partial charge is 0.478 e. The van der Waals surface area contributed by atoms with Crippen LogP contribution in [0.1, 0.15) is 15.9 Å². The highest BCUT2D eigenvalue weighted by Crippen LogP contribution is 2.23. The standard InChI is InChI=1S/C14H14N2O4S/c1-9-3-2-4-11(7-9)21(19,20)16-13-6-5-10(15)8-12(13)14(17)18/h2-8,16H,15H2,1H3,(H,17,18). The molecule has 7 heteroatoms. The van der Waals surface area contributed by atoms with E-state index >= 15 is 0 Å². The average Bonchev–Trinajstić information content (AvgIpc) is 2.40. The van der Waals surface area contributed by atoms with Gasteiger partial charge in [0.1, 0.15) is 0 Å². The number of carboxylic acids is 1. The monoisotopic (exact) mass is 306 g/mol. The van der Waals surface area contributed by atoms with Crippen molar-refractivity contribution in [2.24, 2.45) is 0 Å². The number of nitrogens with one attached hydrogen (secondary N) is 1. The van der Waals surface area contributed by atoms with E-state index in [2.05, 4.69) is 4.72 Å². The van der Waals surface area contributed by atoms with Crippen LogP contribution in [0, 0.1) is 6.92 Å². The number of rotatable bonds is 4. The maximum atomic E-state index is 12.3. The van der Waals surface area contributed by atoms with Gasteiger partial charge in [-0.3, -0.25) is 4.72 Å². The number of anilines is 2. The molecule has 0 saturated carbocycles. The van der Waals surface area contributed by atoms with Crippen molar-refractivity contribution in [3.8, 4) is 0 Å². The quantitative estimate of drug-likeness (QED) is 0.749. The summed E-state index contributed by atoms with van der Waals surface area (Å²) in [5, 5.41) is 9.11. The Kier molecular flexibility index (Phi) is 3.86. The molecule has 0 radical (unpaired) electrons. The van der Waals surface area contributed by atoms with Gasteiger partial charge in [0.05, 0.1) is 16.1 Å². The fourth-order valence-corrected chi connectivity index (χ4v) is 3.00. The van der Waals surface area contributed by atoms with Crippen molar-refractivity contribution in [2.75, 3.05) is 10.5 Å². The summed E-state index contributed by atoms with van der Waals surface area (Å²) in [6.45, 7) is 1.77. The molecule has 0 aliphatic heterocycles. The molecule has 0 aromatic heterocycles. The second-order valence-electron chi connectivity index (χ2n) is 4.53. The minimum Gasteiger partial charge on any atom is -0.478 e. The lowest BCUT2D eigenvalue weighted by Gasteiger charge is -2.11. The minimum absolute atomic E-state index is 0.0294. The number of benzene rings is 2. The molecule has 0 aliphatic rings. The van der Waals surface area contributed by atoms with Gasteiger partial charge in [-0.15, -0.1) is 0 Å². The van der Waals surface area contributed by atoms with Crippen molar-refractivity contribution >= 4 is 27.4 Å². The Morgan fingerprint density at radius 2 is 1.90 bits per heavy atom. The molecule has 0 saturated heterocycles. The Hall–Kier alpha value is -2.54. The predicted octanol–water partition coefficient (Wildman–Crippen LogP) is 2.08. The van der Waals surface area contributed by atoms with Crippen molar-refractivity contribution in [2.45, 2.75) is 11.8 Å². The first-order valence-electron chi connectivity index (χ1n) is 6.02. The summed E-state index contributed by atoms with van der Waals surface area (Å²) in [7, 11) is -3.86. The number of nitrogen functional groups attached to an aromatic ring is 1. The summed E-state index contributed by atoms with van der Waals surface area (Å²) in [4.78, 5) is 11.2. The molecule has 2 rings (SSSR count). The maximum absolute atomic E-state index is 12.3. The van der Waals surface area contributed by atoms with E-state index < -0.39 is 16.0 Å². The lowest BCUT2D eigenvalue weighted by atomic mass is 10.1. The van der Waals surface area contributed by atoms with Crippen LogP contribution in [0.4, 0.5) is 11.4 Å². The van der Waals surface area contributed by atoms with E-state index in [1.165, 1.54) is 30.3 Å². The van der Waals surface area contributed by atoms with Gasteiger partial charge in [0.15, 0.2) is 0 Å². The molecule has 0 unspecified atom stereocenters. The van der Waals surface area contributed by atoms with Gasteiger partial charge in [-0.25, -0.2) is 13.2 Å². The number of sulfonamides is 1. The molecule has 0 amide bonds. The van der Waals surface area contributed by atoms with Gasteiger partial charge < -0.3 is 10.8 Å². The number of nitrogens with two attached hydrogens (primary N) is 1. The van der Waals surface area contributed by atoms with E-state index in [0.29, 0.717) is 0 Å². The van der Waals surface area contributed by atoms with Gasteiger partial charge in [-0.2, -0.15) is 0 Å². The molecule has 21 heavy (non-hydrogen) atoms. The highest BCUT2D eigenvalue weighted by atomic mass is 32.2. The number of aromatic carboxylic acids is 1. The van der Waals surface area contributed by atoms with Crippen LogP contribution in [-0.4, -0.2) is 19.5 Å². The first-order valence-corrected chi connectivity index (χ1v) is 7.50. The number of carbonyl (C=O) groups is 1. The Morgan fingerprint density at radius 1 is 1.19 bits per heavy atom. The zero-order valence-electron chi connectivity index (χ0n) is 11.2. The van der Waals surface area contributed by atoms with Crippen LogP contribution in [0.25, 0.3) is 0 Å². The molecule has 0 fully saturated rings. The topological polar surface area (TPSA) is 109 Å². The molecule has 0 spiro atoms. The van der Waals surface area contributed by atoms with Gasteiger partial charge in [-0.05, 0) is 42.8 Å². The third-order valence-corrected chi connectivity index (χ3v) is 4.18. The van der Waals surface area contributed by atoms with E-state index in [9.17, 15) is 13.2 Å². The molecule has 2 aromatic rings. The maximum Gasteiger partial charge on any atom is 0.337 e. The molecule has 0 aliphatic carbocycles. The van der Waals surface area contributed by atoms with Crippen LogP contribution < -0.4 is 10.5 Å². The van der Waals surface area contributed by atoms with Gasteiger partial charge in [0, 0.05) is 5.69 Å². The molecular formula is C14H14N2O4S. The number of carboxylic acid groups (broad SMARTS) is 1. The fourth-order valence-electron chi connectivity index (χ4n) is 1.81. The van der Waals surface area contributed by atoms with Crippen LogP contribution in [0.15, 0.2) is 47.4 Å². The van der Waals surface area contributed by atoms with E-state index in [4.69, 9.17) is 10.8 Å². The SMILES string of the molecule is Cc1cccc(S(=O)(=O)Nc2ccc(N)cc2C(=O)O)c1. The van der Waals surface area contributed by atoms with E-state index in [0.717, 1.165) is 5.56 Å². The van der Waals surface area contributed by atoms with Crippen LogP contribution in [-0.2, 0) is 10.0 Å². The van der Waals surface area contributed by atoms with E-state index in [-0.39, 0.29) is 21.8 Å². The minimum atomic E-state index is -3.86. The molecule has 110 valence electrons. The number of aryl methyl sites for hydroxylation is 1. The van der Waals surface area contributed by atoms with Crippen molar-refractivity contribution in [1.29, 1.82) is 0 Å². The van der Waals surface area contributed by atoms with Crippen LogP contribution in [0.3, 0.4) is 0 Å². The van der Waals surface area contributed by atoms with Gasteiger partial charge in [0.25, 0.3) is 10.0 Å². The van der Waals surface area contributed by atoms with Crippen molar-refractivity contribution in [3.05, 3.63) is 53.6 Å². The van der Waals surface area contributed by atoms with Crippen LogP contribution >= 0.6 is 0 Å². The lowest BCUT2D eigenvalue weighted by molar-refractivity contribution is 0.0698. The first-order chi connectivity index (χ1) is 9.79. The lowest BCUT2D eigenvalue weighted by Crippen LogP contribution is -2.16. The summed E-state index contributed by atoms with van der Waals surface area (Å²) in [5.41, 5.74) is 6.31. The Morgan fingerprint density at radius 3 is 2.52 bits per heavy atom. The van der Waals surface area contributed by atoms with Gasteiger partial charge >= 0.3 is 5.97 Å². The normalized spacial score (nSPS) is 11.1. The van der Waals surface area contributed by atoms with E-state index in [1.807, 2.05) is 0 Å².